The number of carbonyl (C=O) groups is 3. The Bertz CT molecular complexity index is 800. The molecule has 0 aromatic heterocycles. The molecule has 2 aromatic rings. The van der Waals surface area contributed by atoms with E-state index in [1.807, 2.05) is 0 Å². The largest absolute Gasteiger partial charge is 0.439 e. The van der Waals surface area contributed by atoms with E-state index >= 15 is 0 Å². The number of hydrogen-bond donors (Lipinski definition) is 0. The first kappa shape index (κ1) is 15.0. The van der Waals surface area contributed by atoms with Gasteiger partial charge in [0.1, 0.15) is 0 Å². The third-order valence-corrected chi connectivity index (χ3v) is 3.82. The first-order valence-electron chi connectivity index (χ1n) is 7.18. The summed E-state index contributed by atoms with van der Waals surface area (Å²) in [6, 6.07) is 15.6. The molecule has 0 radical (unpaired) electrons. The number of fused-ring (bicyclic) bond motifs is 1. The lowest BCUT2D eigenvalue weighted by atomic mass is 9.87. The van der Waals surface area contributed by atoms with Crippen molar-refractivity contribution in [3.05, 3.63) is 65.7 Å². The highest BCUT2D eigenvalue weighted by molar-refractivity contribution is 6.23. The molecule has 2 amide bonds. The zero-order valence-corrected chi connectivity index (χ0v) is 12.8. The molecule has 1 aliphatic heterocycles. The highest BCUT2D eigenvalue weighted by Gasteiger charge is 2.56. The molecule has 0 spiro atoms. The van der Waals surface area contributed by atoms with Gasteiger partial charge < -0.3 is 4.74 Å². The van der Waals surface area contributed by atoms with Crippen molar-refractivity contribution in [3.63, 3.8) is 0 Å². The van der Waals surface area contributed by atoms with Gasteiger partial charge in [0.2, 0.25) is 11.5 Å². The van der Waals surface area contributed by atoms with Crippen LogP contribution in [0.15, 0.2) is 54.6 Å². The summed E-state index contributed by atoms with van der Waals surface area (Å²) in [5.74, 6) is -1.59. The number of nitrogens with zero attached hydrogens (tertiary/aromatic N) is 1. The van der Waals surface area contributed by atoms with Crippen molar-refractivity contribution in [1.29, 1.82) is 0 Å². The summed E-state index contributed by atoms with van der Waals surface area (Å²) in [6.45, 7) is 2.56. The van der Waals surface area contributed by atoms with Crippen LogP contribution in [0.1, 0.15) is 25.0 Å². The van der Waals surface area contributed by atoms with E-state index in [1.165, 1.54) is 13.8 Å². The maximum atomic E-state index is 13.1. The fraction of sp³-hybridized carbons (Fsp3) is 0.167. The van der Waals surface area contributed by atoms with E-state index in [0.717, 1.165) is 4.90 Å². The molecule has 23 heavy (non-hydrogen) atoms. The molecule has 0 N–H and O–H groups in total. The van der Waals surface area contributed by atoms with Crippen LogP contribution in [0.5, 0.6) is 0 Å². The Hall–Kier alpha value is -2.95. The summed E-state index contributed by atoms with van der Waals surface area (Å²) in [5, 5.41) is 0. The second-order valence-corrected chi connectivity index (χ2v) is 5.32. The maximum Gasteiger partial charge on any atom is 0.304 e. The zero-order chi connectivity index (χ0) is 16.6. The minimum absolute atomic E-state index is 0.424. The Kier molecular flexibility index (Phi) is 3.48. The molecule has 1 aliphatic rings. The van der Waals surface area contributed by atoms with Gasteiger partial charge in [-0.2, -0.15) is 0 Å². The number of esters is 1. The predicted octanol–water partition coefficient (Wildman–Crippen LogP) is 2.39. The molecule has 3 rings (SSSR count). The van der Waals surface area contributed by atoms with Crippen LogP contribution in [0.25, 0.3) is 0 Å². The number of benzene rings is 2. The number of rotatable bonds is 2. The molecule has 0 saturated heterocycles. The first-order chi connectivity index (χ1) is 11.0. The van der Waals surface area contributed by atoms with Crippen molar-refractivity contribution in [2.24, 2.45) is 0 Å². The molecule has 5 heteroatoms. The third-order valence-electron chi connectivity index (χ3n) is 3.82. The van der Waals surface area contributed by atoms with Crippen LogP contribution in [0.3, 0.4) is 0 Å². The Morgan fingerprint density at radius 2 is 1.57 bits per heavy atom. The fourth-order valence-corrected chi connectivity index (χ4v) is 2.99. The molecule has 1 heterocycles. The van der Waals surface area contributed by atoms with Crippen molar-refractivity contribution in [1.82, 2.24) is 0 Å². The molecule has 0 bridgehead atoms. The van der Waals surface area contributed by atoms with Crippen molar-refractivity contribution in [2.45, 2.75) is 19.4 Å². The van der Waals surface area contributed by atoms with Gasteiger partial charge in [-0.3, -0.25) is 14.4 Å². The van der Waals surface area contributed by atoms with Crippen LogP contribution in [0.2, 0.25) is 0 Å². The SMILES string of the molecule is CC(=O)OC1(c2ccccc2)C(=O)N(C(C)=O)c2ccccc21. The molecule has 116 valence electrons. The first-order valence-corrected chi connectivity index (χ1v) is 7.18. The number of hydrogen-bond acceptors (Lipinski definition) is 4. The van der Waals surface area contributed by atoms with Crippen molar-refractivity contribution >= 4 is 23.5 Å². The maximum absolute atomic E-state index is 13.1. The molecule has 0 fully saturated rings. The lowest BCUT2D eigenvalue weighted by Crippen LogP contribution is -2.45. The second-order valence-electron chi connectivity index (χ2n) is 5.32. The minimum atomic E-state index is -1.63. The average molecular weight is 309 g/mol. The standard InChI is InChI=1S/C18H15NO4/c1-12(20)19-16-11-7-6-10-15(16)18(17(19)22,23-13(2)21)14-8-4-3-5-9-14/h3-11H,1-2H3. The molecule has 5 nitrogen and oxygen atoms in total. The molecule has 0 aliphatic carbocycles. The third kappa shape index (κ3) is 2.12. The van der Waals surface area contributed by atoms with Gasteiger partial charge in [0, 0.05) is 25.0 Å². The van der Waals surface area contributed by atoms with Gasteiger partial charge >= 0.3 is 5.97 Å². The summed E-state index contributed by atoms with van der Waals surface area (Å²) in [4.78, 5) is 37.9. The number of imide groups is 1. The second kappa shape index (κ2) is 5.35. The van der Waals surface area contributed by atoms with Crippen molar-refractivity contribution in [2.75, 3.05) is 4.90 Å². The minimum Gasteiger partial charge on any atom is -0.439 e. The Morgan fingerprint density at radius 1 is 0.957 bits per heavy atom. The monoisotopic (exact) mass is 309 g/mol. The van der Waals surface area contributed by atoms with Gasteiger partial charge in [0.15, 0.2) is 0 Å². The molecular weight excluding hydrogens is 294 g/mol. The Labute approximate surface area is 133 Å². The average Bonchev–Trinajstić information content (AvgIpc) is 2.78. The summed E-state index contributed by atoms with van der Waals surface area (Å²) < 4.78 is 5.52. The normalized spacial score (nSPS) is 19.4. The van der Waals surface area contributed by atoms with Gasteiger partial charge in [-0.05, 0) is 6.07 Å². The predicted molar refractivity (Wildman–Crippen MR) is 83.6 cm³/mol. The van der Waals surface area contributed by atoms with Crippen molar-refractivity contribution in [3.8, 4) is 0 Å². The Balaban J connectivity index is 2.34. The van der Waals surface area contributed by atoms with Crippen LogP contribution in [0.4, 0.5) is 5.69 Å². The van der Waals surface area contributed by atoms with E-state index in [4.69, 9.17) is 4.74 Å². The molecule has 2 aromatic carbocycles. The number of anilines is 1. The smallest absolute Gasteiger partial charge is 0.304 e. The van der Waals surface area contributed by atoms with Crippen LogP contribution in [-0.2, 0) is 24.7 Å². The highest BCUT2D eigenvalue weighted by Crippen LogP contribution is 2.47. The van der Waals surface area contributed by atoms with Gasteiger partial charge in [-0.1, -0.05) is 48.5 Å². The van der Waals surface area contributed by atoms with E-state index in [0.29, 0.717) is 16.8 Å². The van der Waals surface area contributed by atoms with Gasteiger partial charge in [-0.15, -0.1) is 0 Å². The number of carbonyl (C=O) groups excluding carboxylic acids is 3. The van der Waals surface area contributed by atoms with Crippen LogP contribution in [-0.4, -0.2) is 17.8 Å². The van der Waals surface area contributed by atoms with E-state index in [2.05, 4.69) is 0 Å². The molecule has 1 unspecified atom stereocenters. The summed E-state index contributed by atoms with van der Waals surface area (Å²) in [5.41, 5.74) is -0.192. The molecule has 1 atom stereocenters. The lowest BCUT2D eigenvalue weighted by Gasteiger charge is -2.28. The van der Waals surface area contributed by atoms with Gasteiger partial charge in [0.25, 0.3) is 5.91 Å². The molecule has 0 saturated carbocycles. The van der Waals surface area contributed by atoms with Crippen LogP contribution in [0, 0.1) is 0 Å². The van der Waals surface area contributed by atoms with E-state index in [-0.39, 0.29) is 0 Å². The number of ether oxygens (including phenoxy) is 1. The Morgan fingerprint density at radius 3 is 2.17 bits per heavy atom. The lowest BCUT2D eigenvalue weighted by molar-refractivity contribution is -0.161. The topological polar surface area (TPSA) is 63.7 Å². The number of para-hydroxylation sites is 1. The van der Waals surface area contributed by atoms with Crippen molar-refractivity contribution < 1.29 is 19.1 Å². The summed E-state index contributed by atoms with van der Waals surface area (Å²) >= 11 is 0. The van der Waals surface area contributed by atoms with E-state index in [9.17, 15) is 14.4 Å². The van der Waals surface area contributed by atoms with E-state index < -0.39 is 23.4 Å². The number of amides is 2. The quantitative estimate of drug-likeness (QED) is 0.799. The van der Waals surface area contributed by atoms with Crippen LogP contribution >= 0.6 is 0 Å². The molecular formula is C18H15NO4. The van der Waals surface area contributed by atoms with Crippen LogP contribution < -0.4 is 4.90 Å². The zero-order valence-electron chi connectivity index (χ0n) is 12.8. The summed E-state index contributed by atoms with van der Waals surface area (Å²) in [6.07, 6.45) is 0. The summed E-state index contributed by atoms with van der Waals surface area (Å²) in [7, 11) is 0. The van der Waals surface area contributed by atoms with Gasteiger partial charge in [-0.25, -0.2) is 4.90 Å². The highest BCUT2D eigenvalue weighted by atomic mass is 16.6. The fourth-order valence-electron chi connectivity index (χ4n) is 2.99. The van der Waals surface area contributed by atoms with E-state index in [1.54, 1.807) is 54.6 Å². The van der Waals surface area contributed by atoms with Gasteiger partial charge in [0.05, 0.1) is 5.69 Å².